The number of aliphatic hydroxyl groups is 1. The van der Waals surface area contributed by atoms with Crippen LogP contribution in [0.25, 0.3) is 0 Å². The lowest BCUT2D eigenvalue weighted by molar-refractivity contribution is -0.128. The Balaban J connectivity index is 1.78. The van der Waals surface area contributed by atoms with E-state index in [-0.39, 0.29) is 11.3 Å². The highest BCUT2D eigenvalue weighted by molar-refractivity contribution is 5.81. The summed E-state index contributed by atoms with van der Waals surface area (Å²) in [6, 6.07) is 0. The highest BCUT2D eigenvalue weighted by atomic mass is 16.3. The van der Waals surface area contributed by atoms with Crippen molar-refractivity contribution in [3.05, 3.63) is 0 Å². The van der Waals surface area contributed by atoms with Crippen LogP contribution in [0.15, 0.2) is 0 Å². The molecule has 1 atom stereocenters. The Kier molecular flexibility index (Phi) is 5.89. The van der Waals surface area contributed by atoms with Crippen LogP contribution in [0.2, 0.25) is 0 Å². The van der Waals surface area contributed by atoms with E-state index in [0.29, 0.717) is 5.92 Å². The first-order valence-electron chi connectivity index (χ1n) is 9.02. The first kappa shape index (κ1) is 17.7. The largest absolute Gasteiger partial charge is 0.389 e. The predicted octanol–water partition coefficient (Wildman–Crippen LogP) is 2.56. The minimum absolute atomic E-state index is 0.135. The fourth-order valence-electron chi connectivity index (χ4n) is 3.75. The predicted molar refractivity (Wildman–Crippen MR) is 89.7 cm³/mol. The molecule has 22 heavy (non-hydrogen) atoms. The van der Waals surface area contributed by atoms with Gasteiger partial charge >= 0.3 is 0 Å². The van der Waals surface area contributed by atoms with E-state index in [1.54, 1.807) is 0 Å². The lowest BCUT2D eigenvalue weighted by Crippen LogP contribution is -2.49. The number of carbonyl (C=O) groups is 1. The maximum absolute atomic E-state index is 12.0. The summed E-state index contributed by atoms with van der Waals surface area (Å²) in [6.07, 6.45) is 7.85. The molecule has 0 aromatic rings. The van der Waals surface area contributed by atoms with Gasteiger partial charge in [-0.3, -0.25) is 4.79 Å². The van der Waals surface area contributed by atoms with Gasteiger partial charge in [0, 0.05) is 25.0 Å². The average molecular weight is 310 g/mol. The van der Waals surface area contributed by atoms with Crippen molar-refractivity contribution < 1.29 is 9.90 Å². The van der Waals surface area contributed by atoms with Crippen molar-refractivity contribution in [1.82, 2.24) is 10.2 Å². The van der Waals surface area contributed by atoms with Crippen molar-refractivity contribution in [3.63, 3.8) is 0 Å². The maximum Gasteiger partial charge on any atom is 0.225 e. The molecule has 1 aliphatic carbocycles. The first-order chi connectivity index (χ1) is 10.3. The SMILES string of the molecule is CC(C)(C)C(=O)NCC1CCCN(CC2(O)CCCCC2)C1. The molecule has 0 bridgehead atoms. The number of β-amino-alcohol motifs (C(OH)–C–C–N with tert-alkyl or cyclic N) is 1. The van der Waals surface area contributed by atoms with Crippen molar-refractivity contribution in [3.8, 4) is 0 Å². The van der Waals surface area contributed by atoms with Gasteiger partial charge in [-0.2, -0.15) is 0 Å². The van der Waals surface area contributed by atoms with E-state index in [2.05, 4.69) is 10.2 Å². The molecule has 2 N–H and O–H groups in total. The lowest BCUT2D eigenvalue weighted by Gasteiger charge is -2.40. The van der Waals surface area contributed by atoms with Gasteiger partial charge in [0.1, 0.15) is 0 Å². The van der Waals surface area contributed by atoms with E-state index in [1.165, 1.54) is 19.3 Å². The van der Waals surface area contributed by atoms with Crippen LogP contribution >= 0.6 is 0 Å². The van der Waals surface area contributed by atoms with E-state index in [4.69, 9.17) is 0 Å². The van der Waals surface area contributed by atoms with Crippen LogP contribution < -0.4 is 5.32 Å². The third-order valence-corrected chi connectivity index (χ3v) is 5.14. The summed E-state index contributed by atoms with van der Waals surface area (Å²) in [5.41, 5.74) is -0.777. The second kappa shape index (κ2) is 7.31. The summed E-state index contributed by atoms with van der Waals surface area (Å²) >= 11 is 0. The Morgan fingerprint density at radius 3 is 2.55 bits per heavy atom. The smallest absolute Gasteiger partial charge is 0.225 e. The minimum Gasteiger partial charge on any atom is -0.389 e. The Morgan fingerprint density at radius 1 is 1.23 bits per heavy atom. The van der Waals surface area contributed by atoms with Crippen molar-refractivity contribution in [2.24, 2.45) is 11.3 Å². The van der Waals surface area contributed by atoms with Crippen molar-refractivity contribution in [1.29, 1.82) is 0 Å². The number of hydrogen-bond donors (Lipinski definition) is 2. The van der Waals surface area contributed by atoms with Crippen LogP contribution in [0.1, 0.15) is 65.7 Å². The molecular formula is C18H34N2O2. The van der Waals surface area contributed by atoms with E-state index in [0.717, 1.165) is 51.9 Å². The number of likely N-dealkylation sites (tertiary alicyclic amines) is 1. The Labute approximate surface area is 135 Å². The lowest BCUT2D eigenvalue weighted by atomic mass is 9.83. The highest BCUT2D eigenvalue weighted by Crippen LogP contribution is 2.30. The quantitative estimate of drug-likeness (QED) is 0.839. The fraction of sp³-hybridized carbons (Fsp3) is 0.944. The maximum atomic E-state index is 12.0. The number of piperidine rings is 1. The van der Waals surface area contributed by atoms with Crippen LogP contribution in [0, 0.1) is 11.3 Å². The average Bonchev–Trinajstić information content (AvgIpc) is 2.44. The molecule has 2 fully saturated rings. The second-order valence-electron chi connectivity index (χ2n) is 8.49. The third-order valence-electron chi connectivity index (χ3n) is 5.14. The molecule has 0 aromatic carbocycles. The number of nitrogens with one attached hydrogen (secondary N) is 1. The zero-order valence-corrected chi connectivity index (χ0v) is 14.7. The van der Waals surface area contributed by atoms with E-state index >= 15 is 0 Å². The molecule has 1 unspecified atom stereocenters. The van der Waals surface area contributed by atoms with Gasteiger partial charge in [0.25, 0.3) is 0 Å². The van der Waals surface area contributed by atoms with Crippen LogP contribution in [-0.4, -0.2) is 47.7 Å². The summed E-state index contributed by atoms with van der Waals surface area (Å²) in [5, 5.41) is 13.8. The Bertz CT molecular complexity index is 370. The molecule has 1 aliphatic heterocycles. The van der Waals surface area contributed by atoms with E-state index < -0.39 is 5.60 Å². The van der Waals surface area contributed by atoms with Crippen molar-refractivity contribution in [2.45, 2.75) is 71.3 Å². The van der Waals surface area contributed by atoms with Crippen molar-refractivity contribution >= 4 is 5.91 Å². The summed E-state index contributed by atoms with van der Waals surface area (Å²) in [5.74, 6) is 0.655. The Hall–Kier alpha value is -0.610. The topological polar surface area (TPSA) is 52.6 Å². The van der Waals surface area contributed by atoms with Crippen molar-refractivity contribution in [2.75, 3.05) is 26.2 Å². The summed E-state index contributed by atoms with van der Waals surface area (Å²) in [6.45, 7) is 9.54. The summed E-state index contributed by atoms with van der Waals surface area (Å²) in [7, 11) is 0. The highest BCUT2D eigenvalue weighted by Gasteiger charge is 2.33. The summed E-state index contributed by atoms with van der Waals surface area (Å²) < 4.78 is 0. The molecule has 1 amide bonds. The number of hydrogen-bond acceptors (Lipinski definition) is 3. The third kappa shape index (κ3) is 5.24. The standard InChI is InChI=1S/C18H34N2O2/c1-17(2,3)16(21)19-12-15-8-7-11-20(13-15)14-18(22)9-5-4-6-10-18/h15,22H,4-14H2,1-3H3,(H,19,21). The van der Waals surface area contributed by atoms with Gasteiger partial charge in [-0.05, 0) is 38.1 Å². The van der Waals surface area contributed by atoms with Crippen LogP contribution in [0.5, 0.6) is 0 Å². The Morgan fingerprint density at radius 2 is 1.91 bits per heavy atom. The zero-order valence-electron chi connectivity index (χ0n) is 14.7. The monoisotopic (exact) mass is 310 g/mol. The van der Waals surface area contributed by atoms with Crippen LogP contribution in [0.4, 0.5) is 0 Å². The van der Waals surface area contributed by atoms with Gasteiger partial charge in [0.15, 0.2) is 0 Å². The van der Waals surface area contributed by atoms with Gasteiger partial charge in [0.05, 0.1) is 5.60 Å². The zero-order chi connectivity index (χ0) is 16.2. The minimum atomic E-state index is -0.463. The molecule has 2 rings (SSSR count). The molecule has 0 radical (unpaired) electrons. The normalized spacial score (nSPS) is 26.6. The second-order valence-corrected chi connectivity index (χ2v) is 8.49. The molecule has 1 saturated heterocycles. The molecule has 1 saturated carbocycles. The molecular weight excluding hydrogens is 276 g/mol. The first-order valence-corrected chi connectivity index (χ1v) is 9.02. The van der Waals surface area contributed by atoms with Gasteiger partial charge < -0.3 is 15.3 Å². The molecule has 4 nitrogen and oxygen atoms in total. The fourth-order valence-corrected chi connectivity index (χ4v) is 3.75. The molecule has 4 heteroatoms. The van der Waals surface area contributed by atoms with Gasteiger partial charge in [-0.1, -0.05) is 40.0 Å². The van der Waals surface area contributed by atoms with Gasteiger partial charge in [-0.25, -0.2) is 0 Å². The van der Waals surface area contributed by atoms with E-state index in [9.17, 15) is 9.90 Å². The molecule has 128 valence electrons. The van der Waals surface area contributed by atoms with Crippen LogP contribution in [-0.2, 0) is 4.79 Å². The van der Waals surface area contributed by atoms with E-state index in [1.807, 2.05) is 20.8 Å². The number of carbonyl (C=O) groups excluding carboxylic acids is 1. The van der Waals surface area contributed by atoms with Gasteiger partial charge in [-0.15, -0.1) is 0 Å². The molecule has 0 aromatic heterocycles. The number of rotatable bonds is 4. The number of amides is 1. The molecule has 2 aliphatic rings. The number of nitrogens with zero attached hydrogens (tertiary/aromatic N) is 1. The van der Waals surface area contributed by atoms with Gasteiger partial charge in [0.2, 0.25) is 5.91 Å². The molecule has 0 spiro atoms. The summed E-state index contributed by atoms with van der Waals surface area (Å²) in [4.78, 5) is 14.4. The molecule has 1 heterocycles. The van der Waals surface area contributed by atoms with Crippen LogP contribution in [0.3, 0.4) is 0 Å².